The summed E-state index contributed by atoms with van der Waals surface area (Å²) in [6.07, 6.45) is -2.14. The highest BCUT2D eigenvalue weighted by Crippen LogP contribution is 2.50. The molecule has 8 nitrogen and oxygen atoms in total. The molecule has 0 N–H and O–H groups in total. The third-order valence-electron chi connectivity index (χ3n) is 6.38. The summed E-state index contributed by atoms with van der Waals surface area (Å²) in [5.41, 5.74) is 1.38. The van der Waals surface area contributed by atoms with Crippen molar-refractivity contribution in [1.29, 1.82) is 0 Å². The summed E-state index contributed by atoms with van der Waals surface area (Å²) < 4.78 is 24.7. The van der Waals surface area contributed by atoms with Crippen LogP contribution in [-0.2, 0) is 16.5 Å². The molecule has 4 aromatic rings. The van der Waals surface area contributed by atoms with E-state index < -0.39 is 24.0 Å². The maximum Gasteiger partial charge on any atom is 0.509 e. The highest BCUT2D eigenvalue weighted by atomic mass is 16.8. The van der Waals surface area contributed by atoms with Gasteiger partial charge in [0.25, 0.3) is 0 Å². The zero-order valence-corrected chi connectivity index (χ0v) is 18.0. The molecule has 1 fully saturated rings. The van der Waals surface area contributed by atoms with E-state index in [2.05, 4.69) is 0 Å². The van der Waals surface area contributed by atoms with Gasteiger partial charge in [0.05, 0.1) is 34.5 Å². The molecule has 2 aliphatic rings. The minimum Gasteiger partial charge on any atom is -0.496 e. The highest BCUT2D eigenvalue weighted by molar-refractivity contribution is 6.01. The molecule has 0 bridgehead atoms. The number of rotatable bonds is 1. The number of ether oxygens (including phenoxy) is 4. The number of aryl methyl sites for hydroxylation is 1. The van der Waals surface area contributed by atoms with Gasteiger partial charge in [0, 0.05) is 18.5 Å². The second kappa shape index (κ2) is 6.12. The van der Waals surface area contributed by atoms with Gasteiger partial charge in [0.2, 0.25) is 5.43 Å². The van der Waals surface area contributed by atoms with Crippen molar-refractivity contribution in [3.63, 3.8) is 0 Å². The first-order valence-corrected chi connectivity index (χ1v) is 10.3. The van der Waals surface area contributed by atoms with Gasteiger partial charge in [0.1, 0.15) is 22.7 Å². The Balaban J connectivity index is 1.81. The Morgan fingerprint density at radius 3 is 2.69 bits per heavy atom. The van der Waals surface area contributed by atoms with E-state index in [9.17, 15) is 9.59 Å². The lowest BCUT2D eigenvalue weighted by molar-refractivity contribution is -0.0499. The van der Waals surface area contributed by atoms with Crippen LogP contribution in [0.1, 0.15) is 25.5 Å². The molecule has 2 aliphatic heterocycles. The first-order valence-electron chi connectivity index (χ1n) is 10.3. The lowest BCUT2D eigenvalue weighted by Crippen LogP contribution is -2.48. The Morgan fingerprint density at radius 1 is 1.12 bits per heavy atom. The van der Waals surface area contributed by atoms with Gasteiger partial charge < -0.3 is 23.5 Å². The van der Waals surface area contributed by atoms with Crippen LogP contribution in [0.5, 0.6) is 11.5 Å². The zero-order valence-electron chi connectivity index (χ0n) is 18.0. The average molecular weight is 432 g/mol. The molecule has 2 atom stereocenters. The third-order valence-corrected chi connectivity index (χ3v) is 6.38. The summed E-state index contributed by atoms with van der Waals surface area (Å²) >= 11 is 0. The maximum atomic E-state index is 13.7. The number of methoxy groups -OCH3 is 1. The molecule has 0 aliphatic carbocycles. The van der Waals surface area contributed by atoms with Gasteiger partial charge >= 0.3 is 6.16 Å². The van der Waals surface area contributed by atoms with Crippen LogP contribution < -0.4 is 14.9 Å². The minimum absolute atomic E-state index is 0.211. The molecule has 6 rings (SSSR count). The van der Waals surface area contributed by atoms with Gasteiger partial charge in [0.15, 0.2) is 12.2 Å². The molecule has 32 heavy (non-hydrogen) atoms. The van der Waals surface area contributed by atoms with Crippen LogP contribution in [0.25, 0.3) is 32.8 Å². The molecule has 0 spiro atoms. The molecule has 4 heterocycles. The van der Waals surface area contributed by atoms with Crippen LogP contribution in [0.15, 0.2) is 41.2 Å². The number of aromatic nitrogens is 2. The normalized spacial score (nSPS) is 21.1. The SMILES string of the molecule is COc1cc2c(c3c1c(=O)c1cc4ccccc4nc1n3C)[C@H]1OC(=O)O[C@H]1C(C)(C)O2. The van der Waals surface area contributed by atoms with Gasteiger partial charge in [-0.2, -0.15) is 0 Å². The first-order chi connectivity index (χ1) is 15.3. The third kappa shape index (κ3) is 2.34. The molecule has 8 heteroatoms. The standard InChI is InChI=1S/C24H20N2O6/c1-24(2)21-20(30-23(28)31-21)17-15(32-24)10-14(29-4)16-18(17)26(3)22-12(19(16)27)9-11-7-5-6-8-13(11)25-22/h5-10,20-21H,1-4H3/t20-,21-/m1/s1. The van der Waals surface area contributed by atoms with Crippen LogP contribution >= 0.6 is 0 Å². The van der Waals surface area contributed by atoms with Crippen molar-refractivity contribution in [3.8, 4) is 11.5 Å². The van der Waals surface area contributed by atoms with E-state index >= 15 is 0 Å². The van der Waals surface area contributed by atoms with Crippen molar-refractivity contribution in [2.24, 2.45) is 7.05 Å². The van der Waals surface area contributed by atoms with Gasteiger partial charge in [-0.25, -0.2) is 9.78 Å². The van der Waals surface area contributed by atoms with Gasteiger partial charge in [-0.3, -0.25) is 4.79 Å². The van der Waals surface area contributed by atoms with Crippen LogP contribution in [-0.4, -0.2) is 34.5 Å². The van der Waals surface area contributed by atoms with Crippen molar-refractivity contribution in [1.82, 2.24) is 9.55 Å². The highest BCUT2D eigenvalue weighted by Gasteiger charge is 2.54. The number of pyridine rings is 2. The number of benzene rings is 2. The summed E-state index contributed by atoms with van der Waals surface area (Å²) in [7, 11) is 3.34. The molecule has 0 unspecified atom stereocenters. The number of fused-ring (bicyclic) bond motifs is 7. The minimum atomic E-state index is -0.827. The van der Waals surface area contributed by atoms with Gasteiger partial charge in [-0.1, -0.05) is 18.2 Å². The second-order valence-corrected chi connectivity index (χ2v) is 8.69. The van der Waals surface area contributed by atoms with Crippen molar-refractivity contribution in [2.45, 2.75) is 31.7 Å². The number of nitrogens with zero attached hydrogens (tertiary/aromatic N) is 2. The predicted octanol–water partition coefficient (Wildman–Crippen LogP) is 4.00. The number of hydrogen-bond acceptors (Lipinski definition) is 7. The molecular weight excluding hydrogens is 412 g/mol. The monoisotopic (exact) mass is 432 g/mol. The molecular formula is C24H20N2O6. The molecule has 2 aromatic heterocycles. The molecule has 2 aromatic carbocycles. The average Bonchev–Trinajstić information content (AvgIpc) is 3.17. The largest absolute Gasteiger partial charge is 0.509 e. The summed E-state index contributed by atoms with van der Waals surface area (Å²) in [6.45, 7) is 3.67. The number of carbonyl (C=O) groups is 1. The van der Waals surface area contributed by atoms with E-state index in [-0.39, 0.29) is 5.43 Å². The maximum absolute atomic E-state index is 13.7. The molecule has 0 amide bonds. The fourth-order valence-electron chi connectivity index (χ4n) is 4.91. The number of hydrogen-bond donors (Lipinski definition) is 0. The van der Waals surface area contributed by atoms with E-state index in [0.717, 1.165) is 10.9 Å². The molecule has 0 saturated carbocycles. The fraction of sp³-hybridized carbons (Fsp3) is 0.292. The summed E-state index contributed by atoms with van der Waals surface area (Å²) in [5.74, 6) is 0.864. The number of para-hydroxylation sites is 1. The topological polar surface area (TPSA) is 88.9 Å². The van der Waals surface area contributed by atoms with Crippen molar-refractivity contribution >= 4 is 39.0 Å². The smallest absolute Gasteiger partial charge is 0.496 e. The van der Waals surface area contributed by atoms with Gasteiger partial charge in [-0.15, -0.1) is 0 Å². The van der Waals surface area contributed by atoms with Crippen LogP contribution in [0.4, 0.5) is 4.79 Å². The first kappa shape index (κ1) is 18.9. The van der Waals surface area contributed by atoms with Crippen LogP contribution in [0.3, 0.4) is 0 Å². The fourth-order valence-corrected chi connectivity index (χ4v) is 4.91. The van der Waals surface area contributed by atoms with E-state index in [0.29, 0.717) is 39.0 Å². The zero-order chi connectivity index (χ0) is 22.4. The molecule has 1 saturated heterocycles. The van der Waals surface area contributed by atoms with Crippen LogP contribution in [0, 0.1) is 0 Å². The summed E-state index contributed by atoms with van der Waals surface area (Å²) in [4.78, 5) is 30.6. The van der Waals surface area contributed by atoms with Crippen molar-refractivity contribution in [2.75, 3.05) is 7.11 Å². The quantitative estimate of drug-likeness (QED) is 0.332. The summed E-state index contributed by atoms with van der Waals surface area (Å²) in [6, 6.07) is 11.2. The lowest BCUT2D eigenvalue weighted by atomic mass is 9.87. The Kier molecular flexibility index (Phi) is 3.62. The summed E-state index contributed by atoms with van der Waals surface area (Å²) in [5, 5.41) is 1.73. The van der Waals surface area contributed by atoms with E-state index in [4.69, 9.17) is 23.9 Å². The Labute approximate surface area is 182 Å². The van der Waals surface area contributed by atoms with Crippen molar-refractivity contribution in [3.05, 3.63) is 52.2 Å². The lowest BCUT2D eigenvalue weighted by Gasteiger charge is -2.39. The molecule has 0 radical (unpaired) electrons. The van der Waals surface area contributed by atoms with Crippen molar-refractivity contribution < 1.29 is 23.7 Å². The Hall–Kier alpha value is -3.81. The van der Waals surface area contributed by atoms with E-state index in [1.54, 1.807) is 6.07 Å². The Bertz CT molecular complexity index is 1540. The predicted molar refractivity (Wildman–Crippen MR) is 117 cm³/mol. The molecule has 162 valence electrons. The second-order valence-electron chi connectivity index (χ2n) is 8.69. The van der Waals surface area contributed by atoms with E-state index in [1.807, 2.05) is 55.8 Å². The Morgan fingerprint density at radius 2 is 1.91 bits per heavy atom. The van der Waals surface area contributed by atoms with Gasteiger partial charge in [-0.05, 0) is 26.0 Å². The number of carbonyl (C=O) groups excluding carboxylic acids is 1. The van der Waals surface area contributed by atoms with E-state index in [1.165, 1.54) is 7.11 Å². The van der Waals surface area contributed by atoms with Crippen LogP contribution in [0.2, 0.25) is 0 Å².